The van der Waals surface area contributed by atoms with Gasteiger partial charge in [0.25, 0.3) is 0 Å². The summed E-state index contributed by atoms with van der Waals surface area (Å²) in [5.74, 6) is -0.536. The van der Waals surface area contributed by atoms with Gasteiger partial charge in [-0.1, -0.05) is 6.07 Å². The molecule has 0 aliphatic carbocycles. The Bertz CT molecular complexity index is 261. The third-order valence-electron chi connectivity index (χ3n) is 1.49. The Kier molecular flexibility index (Phi) is 3.88. The van der Waals surface area contributed by atoms with Crippen LogP contribution < -0.4 is 11.5 Å². The van der Waals surface area contributed by atoms with Crippen LogP contribution in [0.15, 0.2) is 17.5 Å². The topological polar surface area (TPSA) is 78.3 Å². The number of carbonyl (C=O) groups excluding carboxylic acids is 1. The lowest BCUT2D eigenvalue weighted by Gasteiger charge is -2.06. The number of rotatable bonds is 5. The fraction of sp³-hybridized carbons (Fsp3) is 0.375. The second-order valence-corrected chi connectivity index (χ2v) is 3.64. The summed E-state index contributed by atoms with van der Waals surface area (Å²) in [6, 6.07) is 3.19. The van der Waals surface area contributed by atoms with Crippen LogP contribution in [0.1, 0.15) is 4.88 Å². The molecular weight excluding hydrogens is 188 g/mol. The number of hydrogen-bond donors (Lipinski definition) is 2. The molecule has 72 valence electrons. The summed E-state index contributed by atoms with van der Waals surface area (Å²) in [6.07, 6.45) is 0. The fourth-order valence-corrected chi connectivity index (χ4v) is 1.40. The summed E-state index contributed by atoms with van der Waals surface area (Å²) >= 11 is 1.60. The fourth-order valence-electron chi connectivity index (χ4n) is 0.763. The number of amides is 1. The van der Waals surface area contributed by atoms with Crippen molar-refractivity contribution in [3.63, 3.8) is 0 Å². The van der Waals surface area contributed by atoms with Crippen LogP contribution in [0, 0.1) is 0 Å². The number of carbonyl (C=O) groups is 1. The summed E-state index contributed by atoms with van der Waals surface area (Å²) < 4.78 is 5.19. The van der Waals surface area contributed by atoms with Crippen molar-refractivity contribution in [2.24, 2.45) is 11.5 Å². The van der Waals surface area contributed by atoms with Gasteiger partial charge in [-0.2, -0.15) is 0 Å². The van der Waals surface area contributed by atoms with Crippen molar-refractivity contribution in [1.29, 1.82) is 0 Å². The smallest absolute Gasteiger partial charge is 0.236 e. The van der Waals surface area contributed by atoms with Crippen LogP contribution in [0.5, 0.6) is 0 Å². The van der Waals surface area contributed by atoms with E-state index in [-0.39, 0.29) is 6.61 Å². The van der Waals surface area contributed by atoms with E-state index in [9.17, 15) is 4.79 Å². The van der Waals surface area contributed by atoms with Crippen LogP contribution >= 0.6 is 11.3 Å². The Morgan fingerprint density at radius 1 is 1.69 bits per heavy atom. The molecule has 4 nitrogen and oxygen atoms in total. The molecule has 0 aliphatic rings. The van der Waals surface area contributed by atoms with Crippen LogP contribution in [0.25, 0.3) is 0 Å². The molecule has 1 aromatic heterocycles. The summed E-state index contributed by atoms with van der Waals surface area (Å²) in [7, 11) is 0. The molecule has 1 unspecified atom stereocenters. The molecule has 0 spiro atoms. The number of ether oxygens (including phenoxy) is 1. The van der Waals surface area contributed by atoms with Gasteiger partial charge in [-0.25, -0.2) is 0 Å². The Hall–Kier alpha value is -0.910. The molecule has 0 aromatic carbocycles. The zero-order valence-electron chi connectivity index (χ0n) is 7.10. The minimum atomic E-state index is -0.708. The maximum Gasteiger partial charge on any atom is 0.236 e. The van der Waals surface area contributed by atoms with Crippen molar-refractivity contribution < 1.29 is 9.53 Å². The molecule has 0 fully saturated rings. The largest absolute Gasteiger partial charge is 0.374 e. The van der Waals surface area contributed by atoms with Crippen LogP contribution in [-0.2, 0) is 16.1 Å². The van der Waals surface area contributed by atoms with E-state index in [1.807, 2.05) is 17.5 Å². The van der Waals surface area contributed by atoms with Crippen LogP contribution in [0.2, 0.25) is 0 Å². The Labute approximate surface area is 80.5 Å². The van der Waals surface area contributed by atoms with Gasteiger partial charge in [-0.3, -0.25) is 4.79 Å². The molecule has 4 N–H and O–H groups in total. The van der Waals surface area contributed by atoms with Gasteiger partial charge < -0.3 is 16.2 Å². The quantitative estimate of drug-likeness (QED) is 0.706. The van der Waals surface area contributed by atoms with E-state index in [0.29, 0.717) is 6.61 Å². The van der Waals surface area contributed by atoms with E-state index in [1.54, 1.807) is 11.3 Å². The van der Waals surface area contributed by atoms with Crippen LogP contribution in [-0.4, -0.2) is 18.6 Å². The highest BCUT2D eigenvalue weighted by Gasteiger charge is 2.08. The average Bonchev–Trinajstić information content (AvgIpc) is 2.56. The maximum absolute atomic E-state index is 10.5. The van der Waals surface area contributed by atoms with E-state index in [4.69, 9.17) is 16.2 Å². The standard InChI is InChI=1S/C8H12N2O2S/c9-7(8(10)11)5-12-4-6-2-1-3-13-6/h1-3,7H,4-5,9H2,(H2,10,11). The minimum absolute atomic E-state index is 0.174. The third-order valence-corrected chi connectivity index (χ3v) is 2.34. The molecule has 1 amide bonds. The number of hydrogen-bond acceptors (Lipinski definition) is 4. The van der Waals surface area contributed by atoms with Gasteiger partial charge in [0.15, 0.2) is 0 Å². The van der Waals surface area contributed by atoms with Gasteiger partial charge in [-0.05, 0) is 11.4 Å². The predicted molar refractivity (Wildman–Crippen MR) is 51.1 cm³/mol. The first-order chi connectivity index (χ1) is 6.20. The molecule has 0 radical (unpaired) electrons. The van der Waals surface area contributed by atoms with E-state index in [0.717, 1.165) is 4.88 Å². The van der Waals surface area contributed by atoms with Gasteiger partial charge in [0, 0.05) is 4.88 Å². The molecule has 1 atom stereocenters. The summed E-state index contributed by atoms with van der Waals surface area (Å²) in [4.78, 5) is 11.6. The minimum Gasteiger partial charge on any atom is -0.374 e. The van der Waals surface area contributed by atoms with E-state index < -0.39 is 11.9 Å². The molecule has 5 heteroatoms. The summed E-state index contributed by atoms with van der Waals surface area (Å²) in [6.45, 7) is 0.659. The molecule has 0 saturated carbocycles. The monoisotopic (exact) mass is 200 g/mol. The molecule has 0 saturated heterocycles. The second kappa shape index (κ2) is 4.96. The number of thiophene rings is 1. The highest BCUT2D eigenvalue weighted by atomic mass is 32.1. The average molecular weight is 200 g/mol. The first-order valence-electron chi connectivity index (χ1n) is 3.85. The van der Waals surface area contributed by atoms with Crippen LogP contribution in [0.4, 0.5) is 0 Å². The van der Waals surface area contributed by atoms with E-state index >= 15 is 0 Å². The molecular formula is C8H12N2O2S. The van der Waals surface area contributed by atoms with Crippen molar-refractivity contribution in [3.05, 3.63) is 22.4 Å². The Balaban J connectivity index is 2.18. The second-order valence-electron chi connectivity index (χ2n) is 2.60. The SMILES string of the molecule is NC(=O)C(N)COCc1cccs1. The van der Waals surface area contributed by atoms with Gasteiger partial charge >= 0.3 is 0 Å². The lowest BCUT2D eigenvalue weighted by molar-refractivity contribution is -0.120. The van der Waals surface area contributed by atoms with Gasteiger partial charge in [0.1, 0.15) is 6.04 Å². The summed E-state index contributed by atoms with van der Waals surface area (Å²) in [5, 5.41) is 1.96. The van der Waals surface area contributed by atoms with Gasteiger partial charge in [-0.15, -0.1) is 11.3 Å². The molecule has 13 heavy (non-hydrogen) atoms. The molecule has 1 heterocycles. The predicted octanol–water partition coefficient (Wildman–Crippen LogP) is 0.0773. The van der Waals surface area contributed by atoms with E-state index in [2.05, 4.69) is 0 Å². The first-order valence-corrected chi connectivity index (χ1v) is 4.73. The first kappa shape index (κ1) is 10.2. The molecule has 1 rings (SSSR count). The zero-order valence-corrected chi connectivity index (χ0v) is 7.92. The highest BCUT2D eigenvalue weighted by Crippen LogP contribution is 2.09. The zero-order chi connectivity index (χ0) is 9.68. The molecule has 0 bridgehead atoms. The van der Waals surface area contributed by atoms with E-state index in [1.165, 1.54) is 0 Å². The molecule has 1 aromatic rings. The third kappa shape index (κ3) is 3.54. The highest BCUT2D eigenvalue weighted by molar-refractivity contribution is 7.09. The van der Waals surface area contributed by atoms with Crippen molar-refractivity contribution in [3.8, 4) is 0 Å². The molecule has 0 aliphatic heterocycles. The number of primary amides is 1. The van der Waals surface area contributed by atoms with Crippen molar-refractivity contribution >= 4 is 17.2 Å². The Morgan fingerprint density at radius 3 is 3.00 bits per heavy atom. The lowest BCUT2D eigenvalue weighted by atomic mass is 10.3. The van der Waals surface area contributed by atoms with Gasteiger partial charge in [0.2, 0.25) is 5.91 Å². The van der Waals surface area contributed by atoms with Crippen molar-refractivity contribution in [2.75, 3.05) is 6.61 Å². The maximum atomic E-state index is 10.5. The van der Waals surface area contributed by atoms with Crippen LogP contribution in [0.3, 0.4) is 0 Å². The number of nitrogens with two attached hydrogens (primary N) is 2. The summed E-state index contributed by atoms with van der Waals surface area (Å²) in [5.41, 5.74) is 10.3. The Morgan fingerprint density at radius 2 is 2.46 bits per heavy atom. The lowest BCUT2D eigenvalue weighted by Crippen LogP contribution is -2.40. The van der Waals surface area contributed by atoms with Gasteiger partial charge in [0.05, 0.1) is 13.2 Å². The normalized spacial score (nSPS) is 12.7. The van der Waals surface area contributed by atoms with Crippen molar-refractivity contribution in [2.45, 2.75) is 12.6 Å². The van der Waals surface area contributed by atoms with Crippen molar-refractivity contribution in [1.82, 2.24) is 0 Å².